The van der Waals surface area contributed by atoms with Crippen LogP contribution >= 0.6 is 12.2 Å². The summed E-state index contributed by atoms with van der Waals surface area (Å²) in [5.74, 6) is 0.721. The van der Waals surface area contributed by atoms with Crippen LogP contribution in [0.25, 0.3) is 0 Å². The van der Waals surface area contributed by atoms with Gasteiger partial charge >= 0.3 is 0 Å². The Hall–Kier alpha value is -0.890. The summed E-state index contributed by atoms with van der Waals surface area (Å²) in [6, 6.07) is 8.32. The normalized spacial score (nSPS) is 10.4. The summed E-state index contributed by atoms with van der Waals surface area (Å²) in [6.45, 7) is 7.48. The quantitative estimate of drug-likeness (QED) is 0.783. The van der Waals surface area contributed by atoms with Gasteiger partial charge in [-0.1, -0.05) is 55.9 Å². The van der Waals surface area contributed by atoms with Gasteiger partial charge in [-0.2, -0.15) is 0 Å². The Kier molecular flexibility index (Phi) is 4.76. The lowest BCUT2D eigenvalue weighted by Crippen LogP contribution is -2.24. The summed E-state index contributed by atoms with van der Waals surface area (Å²) >= 11 is 5.30. The van der Waals surface area contributed by atoms with Crippen LogP contribution in [0.3, 0.4) is 0 Å². The van der Waals surface area contributed by atoms with Crippen molar-refractivity contribution < 1.29 is 0 Å². The van der Waals surface area contributed by atoms with E-state index in [2.05, 4.69) is 50.4 Å². The first-order valence-electron chi connectivity index (χ1n) is 5.44. The van der Waals surface area contributed by atoms with Gasteiger partial charge in [-0.15, -0.1) is 0 Å². The molecule has 15 heavy (non-hydrogen) atoms. The van der Waals surface area contributed by atoms with E-state index in [0.29, 0.717) is 0 Å². The molecule has 0 saturated heterocycles. The number of aryl methyl sites for hydroxylation is 1. The molecule has 0 fully saturated rings. The third-order valence-electron chi connectivity index (χ3n) is 2.32. The molecule has 1 aromatic carbocycles. The molecule has 1 rings (SSSR count). The lowest BCUT2D eigenvalue weighted by Gasteiger charge is -2.09. The van der Waals surface area contributed by atoms with E-state index in [1.54, 1.807) is 0 Å². The Morgan fingerprint density at radius 3 is 2.40 bits per heavy atom. The summed E-state index contributed by atoms with van der Waals surface area (Å²) in [6.07, 6.45) is 1.16. The monoisotopic (exact) mass is 221 g/mol. The Bertz CT molecular complexity index is 314. The molecule has 2 heteroatoms. The number of thiocarbonyl (C=S) groups is 1. The molecule has 1 N–H and O–H groups in total. The Labute approximate surface area is 97.9 Å². The van der Waals surface area contributed by atoms with Crippen LogP contribution in [0.4, 0.5) is 0 Å². The van der Waals surface area contributed by atoms with E-state index in [9.17, 15) is 0 Å². The Balaban J connectivity index is 2.43. The predicted octanol–water partition coefficient (Wildman–Crippen LogP) is 3.31. The van der Waals surface area contributed by atoms with Crippen molar-refractivity contribution in [2.45, 2.75) is 27.2 Å². The predicted molar refractivity (Wildman–Crippen MR) is 70.3 cm³/mol. The number of rotatable bonds is 4. The summed E-state index contributed by atoms with van der Waals surface area (Å²) in [4.78, 5) is 0.857. The zero-order valence-corrected chi connectivity index (χ0v) is 10.5. The van der Waals surface area contributed by atoms with Gasteiger partial charge in [0.1, 0.15) is 4.99 Å². The van der Waals surface area contributed by atoms with Gasteiger partial charge in [0.05, 0.1) is 0 Å². The first-order chi connectivity index (χ1) is 7.09. The van der Waals surface area contributed by atoms with Gasteiger partial charge < -0.3 is 5.32 Å². The van der Waals surface area contributed by atoms with Crippen molar-refractivity contribution in [2.75, 3.05) is 6.54 Å². The third-order valence-corrected chi connectivity index (χ3v) is 2.70. The third kappa shape index (κ3) is 4.43. The standard InChI is InChI=1S/C13H19NS/c1-10(2)8-9-14-13(15)12-6-4-11(3)5-7-12/h4-7,10H,8-9H2,1-3H3,(H,14,15). The minimum absolute atomic E-state index is 0.721. The van der Waals surface area contributed by atoms with E-state index in [0.717, 1.165) is 29.4 Å². The van der Waals surface area contributed by atoms with Gasteiger partial charge in [0, 0.05) is 12.1 Å². The maximum absolute atomic E-state index is 5.30. The second-order valence-electron chi connectivity index (χ2n) is 4.30. The molecule has 1 aromatic rings. The zero-order valence-electron chi connectivity index (χ0n) is 9.71. The molecule has 0 spiro atoms. The molecule has 0 atom stereocenters. The van der Waals surface area contributed by atoms with Crippen LogP contribution in [-0.2, 0) is 0 Å². The molecular formula is C13H19NS. The van der Waals surface area contributed by atoms with Crippen LogP contribution in [0, 0.1) is 12.8 Å². The van der Waals surface area contributed by atoms with E-state index in [4.69, 9.17) is 12.2 Å². The van der Waals surface area contributed by atoms with Crippen LogP contribution in [0.2, 0.25) is 0 Å². The van der Waals surface area contributed by atoms with Crippen LogP contribution < -0.4 is 5.32 Å². The molecule has 0 aromatic heterocycles. The topological polar surface area (TPSA) is 12.0 Å². The summed E-state index contributed by atoms with van der Waals surface area (Å²) in [5, 5.41) is 3.28. The van der Waals surface area contributed by atoms with Gasteiger partial charge in [0.15, 0.2) is 0 Å². The molecule has 0 amide bonds. The highest BCUT2D eigenvalue weighted by molar-refractivity contribution is 7.80. The molecule has 0 radical (unpaired) electrons. The van der Waals surface area contributed by atoms with Gasteiger partial charge in [-0.05, 0) is 19.3 Å². The molecule has 0 saturated carbocycles. The van der Waals surface area contributed by atoms with E-state index >= 15 is 0 Å². The Morgan fingerprint density at radius 1 is 1.27 bits per heavy atom. The van der Waals surface area contributed by atoms with Gasteiger partial charge in [-0.3, -0.25) is 0 Å². The van der Waals surface area contributed by atoms with Crippen LogP contribution in [0.5, 0.6) is 0 Å². The van der Waals surface area contributed by atoms with Gasteiger partial charge in [-0.25, -0.2) is 0 Å². The summed E-state index contributed by atoms with van der Waals surface area (Å²) < 4.78 is 0. The van der Waals surface area contributed by atoms with Crippen molar-refractivity contribution in [3.8, 4) is 0 Å². The van der Waals surface area contributed by atoms with Crippen molar-refractivity contribution in [1.29, 1.82) is 0 Å². The fraction of sp³-hybridized carbons (Fsp3) is 0.462. The van der Waals surface area contributed by atoms with Gasteiger partial charge in [0.25, 0.3) is 0 Å². The van der Waals surface area contributed by atoms with E-state index in [1.165, 1.54) is 5.56 Å². The molecule has 0 aliphatic carbocycles. The fourth-order valence-corrected chi connectivity index (χ4v) is 1.52. The maximum atomic E-state index is 5.30. The molecule has 82 valence electrons. The fourth-order valence-electron chi connectivity index (χ4n) is 1.28. The average molecular weight is 221 g/mol. The highest BCUT2D eigenvalue weighted by Gasteiger charge is 2.00. The molecule has 0 bridgehead atoms. The average Bonchev–Trinajstić information content (AvgIpc) is 2.18. The molecule has 0 unspecified atom stereocenters. The van der Waals surface area contributed by atoms with Crippen LogP contribution in [0.1, 0.15) is 31.4 Å². The first kappa shape index (κ1) is 12.2. The molecule has 1 nitrogen and oxygen atoms in total. The highest BCUT2D eigenvalue weighted by Crippen LogP contribution is 2.04. The van der Waals surface area contributed by atoms with Crippen LogP contribution in [-0.4, -0.2) is 11.5 Å². The second kappa shape index (κ2) is 5.86. The first-order valence-corrected chi connectivity index (χ1v) is 5.85. The number of hydrogen-bond donors (Lipinski definition) is 1. The van der Waals surface area contributed by atoms with Crippen molar-refractivity contribution in [2.24, 2.45) is 5.92 Å². The number of nitrogens with one attached hydrogen (secondary N) is 1. The SMILES string of the molecule is Cc1ccc(C(=S)NCCC(C)C)cc1. The number of hydrogen-bond acceptors (Lipinski definition) is 1. The minimum Gasteiger partial charge on any atom is -0.376 e. The van der Waals surface area contributed by atoms with E-state index in [-0.39, 0.29) is 0 Å². The molecule has 0 heterocycles. The van der Waals surface area contributed by atoms with Crippen molar-refractivity contribution >= 4 is 17.2 Å². The lowest BCUT2D eigenvalue weighted by molar-refractivity contribution is 0.579. The lowest BCUT2D eigenvalue weighted by atomic mass is 10.1. The smallest absolute Gasteiger partial charge is 0.106 e. The molecule has 0 aliphatic heterocycles. The summed E-state index contributed by atoms with van der Waals surface area (Å²) in [7, 11) is 0. The van der Waals surface area contributed by atoms with Crippen LogP contribution in [0.15, 0.2) is 24.3 Å². The van der Waals surface area contributed by atoms with E-state index < -0.39 is 0 Å². The van der Waals surface area contributed by atoms with E-state index in [1.807, 2.05) is 0 Å². The maximum Gasteiger partial charge on any atom is 0.106 e. The molecular weight excluding hydrogens is 202 g/mol. The summed E-state index contributed by atoms with van der Waals surface area (Å²) in [5.41, 5.74) is 2.38. The highest BCUT2D eigenvalue weighted by atomic mass is 32.1. The second-order valence-corrected chi connectivity index (χ2v) is 4.71. The van der Waals surface area contributed by atoms with Crippen molar-refractivity contribution in [3.63, 3.8) is 0 Å². The van der Waals surface area contributed by atoms with Gasteiger partial charge in [0.2, 0.25) is 0 Å². The number of benzene rings is 1. The Morgan fingerprint density at radius 2 is 1.87 bits per heavy atom. The minimum atomic E-state index is 0.721. The molecule has 0 aliphatic rings. The largest absolute Gasteiger partial charge is 0.376 e. The van der Waals surface area contributed by atoms with Crippen molar-refractivity contribution in [3.05, 3.63) is 35.4 Å². The zero-order chi connectivity index (χ0) is 11.3. The van der Waals surface area contributed by atoms with Crippen molar-refractivity contribution in [1.82, 2.24) is 5.32 Å².